The van der Waals surface area contributed by atoms with Crippen LogP contribution in [-0.2, 0) is 9.53 Å². The fraction of sp³-hybridized carbons (Fsp3) is 0.533. The highest BCUT2D eigenvalue weighted by Gasteiger charge is 2.38. The number of hydrogen-bond donors (Lipinski definition) is 0. The van der Waals surface area contributed by atoms with Gasteiger partial charge in [0.1, 0.15) is 6.10 Å². The Morgan fingerprint density at radius 3 is 2.70 bits per heavy atom. The van der Waals surface area contributed by atoms with Gasteiger partial charge in [-0.1, -0.05) is 29.8 Å². The number of morpholine rings is 1. The molecule has 110 valence electrons. The van der Waals surface area contributed by atoms with Crippen LogP contribution in [0, 0.1) is 0 Å². The van der Waals surface area contributed by atoms with E-state index in [1.54, 1.807) is 6.07 Å². The molecule has 1 heterocycles. The summed E-state index contributed by atoms with van der Waals surface area (Å²) in [6.45, 7) is 5.10. The summed E-state index contributed by atoms with van der Waals surface area (Å²) in [7, 11) is 0. The number of rotatable bonds is 2. The fourth-order valence-electron chi connectivity index (χ4n) is 2.31. The SMILES string of the molecule is C[C@H]1CO[C@@H](c2ccccc2Cl)CN1C(=O)C(C)(C)F. The molecule has 0 unspecified atom stereocenters. The van der Waals surface area contributed by atoms with Gasteiger partial charge in [0.2, 0.25) is 0 Å². The molecule has 2 rings (SSSR count). The smallest absolute Gasteiger partial charge is 0.260 e. The van der Waals surface area contributed by atoms with E-state index in [4.69, 9.17) is 16.3 Å². The molecule has 1 fully saturated rings. The maximum atomic E-state index is 13.9. The summed E-state index contributed by atoms with van der Waals surface area (Å²) in [4.78, 5) is 13.7. The van der Waals surface area contributed by atoms with Crippen LogP contribution in [0.2, 0.25) is 5.02 Å². The van der Waals surface area contributed by atoms with Crippen LogP contribution in [0.4, 0.5) is 4.39 Å². The first-order chi connectivity index (χ1) is 9.30. The van der Waals surface area contributed by atoms with E-state index in [1.807, 2.05) is 25.1 Å². The van der Waals surface area contributed by atoms with Gasteiger partial charge in [0, 0.05) is 10.6 Å². The second-order valence-corrected chi connectivity index (χ2v) is 6.03. The first-order valence-corrected chi connectivity index (χ1v) is 7.04. The average molecular weight is 300 g/mol. The molecule has 20 heavy (non-hydrogen) atoms. The molecule has 1 aliphatic heterocycles. The minimum Gasteiger partial charge on any atom is -0.369 e. The Bertz CT molecular complexity index is 501. The van der Waals surface area contributed by atoms with E-state index >= 15 is 0 Å². The van der Waals surface area contributed by atoms with Gasteiger partial charge in [-0.15, -0.1) is 0 Å². The molecule has 0 saturated carbocycles. The summed E-state index contributed by atoms with van der Waals surface area (Å²) < 4.78 is 19.6. The van der Waals surface area contributed by atoms with E-state index < -0.39 is 11.6 Å². The molecule has 1 saturated heterocycles. The van der Waals surface area contributed by atoms with Gasteiger partial charge < -0.3 is 9.64 Å². The van der Waals surface area contributed by atoms with Gasteiger partial charge in [0.05, 0.1) is 19.2 Å². The first-order valence-electron chi connectivity index (χ1n) is 6.66. The number of amides is 1. The van der Waals surface area contributed by atoms with Gasteiger partial charge in [-0.3, -0.25) is 4.79 Å². The van der Waals surface area contributed by atoms with E-state index in [1.165, 1.54) is 18.7 Å². The van der Waals surface area contributed by atoms with Gasteiger partial charge in [-0.05, 0) is 26.8 Å². The lowest BCUT2D eigenvalue weighted by Gasteiger charge is -2.40. The summed E-state index contributed by atoms with van der Waals surface area (Å²) >= 11 is 6.15. The second-order valence-electron chi connectivity index (χ2n) is 5.62. The standard InChI is InChI=1S/C15H19ClFNO2/c1-10-9-20-13(11-6-4-5-7-12(11)16)8-18(10)14(19)15(2,3)17/h4-7,10,13H,8-9H2,1-3H3/t10-,13+/m0/s1. The molecule has 0 spiro atoms. The molecular weight excluding hydrogens is 281 g/mol. The van der Waals surface area contributed by atoms with Crippen LogP contribution < -0.4 is 0 Å². The molecule has 1 aromatic carbocycles. The average Bonchev–Trinajstić information content (AvgIpc) is 2.38. The number of benzene rings is 1. The minimum atomic E-state index is -1.88. The van der Waals surface area contributed by atoms with E-state index in [0.717, 1.165) is 5.56 Å². The lowest BCUT2D eigenvalue weighted by Crippen LogP contribution is -2.53. The Kier molecular flexibility index (Phi) is 4.35. The molecule has 0 N–H and O–H groups in total. The van der Waals surface area contributed by atoms with Crippen molar-refractivity contribution >= 4 is 17.5 Å². The number of nitrogens with zero attached hydrogens (tertiary/aromatic N) is 1. The number of carbonyl (C=O) groups excluding carboxylic acids is 1. The van der Waals surface area contributed by atoms with Crippen molar-refractivity contribution in [2.45, 2.75) is 38.6 Å². The summed E-state index contributed by atoms with van der Waals surface area (Å²) in [5, 5.41) is 0.596. The van der Waals surface area contributed by atoms with Gasteiger partial charge in [-0.2, -0.15) is 0 Å². The van der Waals surface area contributed by atoms with Crippen molar-refractivity contribution in [1.82, 2.24) is 4.90 Å². The predicted octanol–water partition coefficient (Wildman–Crippen LogP) is 3.38. The summed E-state index contributed by atoms with van der Waals surface area (Å²) in [5.74, 6) is -0.509. The molecule has 0 aromatic heterocycles. The lowest BCUT2D eigenvalue weighted by atomic mass is 10.0. The van der Waals surface area contributed by atoms with E-state index in [0.29, 0.717) is 18.2 Å². The van der Waals surface area contributed by atoms with Crippen LogP contribution >= 0.6 is 11.6 Å². The van der Waals surface area contributed by atoms with E-state index in [-0.39, 0.29) is 12.1 Å². The van der Waals surface area contributed by atoms with Crippen LogP contribution in [0.1, 0.15) is 32.4 Å². The zero-order valence-corrected chi connectivity index (χ0v) is 12.7. The second kappa shape index (κ2) is 5.70. The van der Waals surface area contributed by atoms with Crippen LogP contribution in [0.3, 0.4) is 0 Å². The van der Waals surface area contributed by atoms with Gasteiger partial charge in [0.15, 0.2) is 5.67 Å². The molecule has 2 atom stereocenters. The normalized spacial score (nSPS) is 23.8. The highest BCUT2D eigenvalue weighted by Crippen LogP contribution is 2.31. The number of alkyl halides is 1. The molecule has 0 aliphatic carbocycles. The zero-order chi connectivity index (χ0) is 14.9. The van der Waals surface area contributed by atoms with Crippen molar-refractivity contribution in [2.75, 3.05) is 13.2 Å². The third-order valence-electron chi connectivity index (χ3n) is 3.45. The number of ether oxygens (including phenoxy) is 1. The summed E-state index contributed by atoms with van der Waals surface area (Å²) in [5.41, 5.74) is -1.05. The monoisotopic (exact) mass is 299 g/mol. The van der Waals surface area contributed by atoms with Crippen LogP contribution in [0.15, 0.2) is 24.3 Å². The summed E-state index contributed by atoms with van der Waals surface area (Å²) in [6.07, 6.45) is -0.314. The van der Waals surface area contributed by atoms with Crippen molar-refractivity contribution in [3.8, 4) is 0 Å². The molecule has 1 aromatic rings. The number of hydrogen-bond acceptors (Lipinski definition) is 2. The number of carbonyl (C=O) groups is 1. The summed E-state index contributed by atoms with van der Waals surface area (Å²) in [6, 6.07) is 7.21. The molecular formula is C15H19ClFNO2. The highest BCUT2D eigenvalue weighted by atomic mass is 35.5. The topological polar surface area (TPSA) is 29.5 Å². The molecule has 1 aliphatic rings. The minimum absolute atomic E-state index is 0.142. The van der Waals surface area contributed by atoms with Crippen LogP contribution in [-0.4, -0.2) is 35.7 Å². The molecule has 5 heteroatoms. The number of halogens is 2. The van der Waals surface area contributed by atoms with Crippen molar-refractivity contribution in [3.63, 3.8) is 0 Å². The van der Waals surface area contributed by atoms with Gasteiger partial charge >= 0.3 is 0 Å². The lowest BCUT2D eigenvalue weighted by molar-refractivity contribution is -0.155. The van der Waals surface area contributed by atoms with E-state index in [2.05, 4.69) is 0 Å². The van der Waals surface area contributed by atoms with Crippen molar-refractivity contribution in [2.24, 2.45) is 0 Å². The van der Waals surface area contributed by atoms with E-state index in [9.17, 15) is 9.18 Å². The van der Waals surface area contributed by atoms with Crippen molar-refractivity contribution in [3.05, 3.63) is 34.9 Å². The Morgan fingerprint density at radius 1 is 1.45 bits per heavy atom. The molecule has 0 bridgehead atoms. The molecule has 3 nitrogen and oxygen atoms in total. The third-order valence-corrected chi connectivity index (χ3v) is 3.80. The fourth-order valence-corrected chi connectivity index (χ4v) is 2.56. The van der Waals surface area contributed by atoms with Gasteiger partial charge in [0.25, 0.3) is 5.91 Å². The Morgan fingerprint density at radius 2 is 2.10 bits per heavy atom. The molecule has 1 amide bonds. The quantitative estimate of drug-likeness (QED) is 0.838. The van der Waals surface area contributed by atoms with Crippen molar-refractivity contribution < 1.29 is 13.9 Å². The maximum absolute atomic E-state index is 13.9. The van der Waals surface area contributed by atoms with Crippen LogP contribution in [0.25, 0.3) is 0 Å². The largest absolute Gasteiger partial charge is 0.369 e. The Hall–Kier alpha value is -1.13. The van der Waals surface area contributed by atoms with Gasteiger partial charge in [-0.25, -0.2) is 4.39 Å². The highest BCUT2D eigenvalue weighted by molar-refractivity contribution is 6.31. The third kappa shape index (κ3) is 3.13. The zero-order valence-electron chi connectivity index (χ0n) is 11.9. The predicted molar refractivity (Wildman–Crippen MR) is 76.5 cm³/mol. The Labute approximate surface area is 123 Å². The Balaban J connectivity index is 2.21. The first kappa shape index (κ1) is 15.3. The molecule has 0 radical (unpaired) electrons. The maximum Gasteiger partial charge on any atom is 0.260 e. The van der Waals surface area contributed by atoms with Crippen molar-refractivity contribution in [1.29, 1.82) is 0 Å². The van der Waals surface area contributed by atoms with Crippen LogP contribution in [0.5, 0.6) is 0 Å².